The number of nitrogens with one attached hydrogen (secondary N) is 2. The number of fused-ring (bicyclic) bond motifs is 1. The predicted octanol–water partition coefficient (Wildman–Crippen LogP) is 4.77. The van der Waals surface area contributed by atoms with Crippen LogP contribution in [0.25, 0.3) is 0 Å². The van der Waals surface area contributed by atoms with Crippen molar-refractivity contribution in [2.24, 2.45) is 11.0 Å². The number of benzene rings is 2. The summed E-state index contributed by atoms with van der Waals surface area (Å²) >= 11 is 0. The molecule has 0 bridgehead atoms. The molecule has 152 valence electrons. The van der Waals surface area contributed by atoms with Crippen LogP contribution in [0.1, 0.15) is 62.8 Å². The maximum atomic E-state index is 12.6. The van der Waals surface area contributed by atoms with E-state index in [1.165, 1.54) is 22.4 Å². The predicted molar refractivity (Wildman–Crippen MR) is 120 cm³/mol. The molecule has 1 fully saturated rings. The van der Waals surface area contributed by atoms with Gasteiger partial charge in [-0.3, -0.25) is 4.79 Å². The molecule has 2 aromatic carbocycles. The van der Waals surface area contributed by atoms with E-state index in [2.05, 4.69) is 79.9 Å². The quantitative estimate of drug-likeness (QED) is 0.585. The van der Waals surface area contributed by atoms with Crippen LogP contribution in [0.5, 0.6) is 0 Å². The first-order valence-corrected chi connectivity index (χ1v) is 10.6. The van der Waals surface area contributed by atoms with Crippen molar-refractivity contribution < 1.29 is 4.79 Å². The van der Waals surface area contributed by atoms with Crippen LogP contribution in [0.3, 0.4) is 0 Å². The number of hydrazone groups is 1. The minimum atomic E-state index is -0.0898. The first-order valence-electron chi connectivity index (χ1n) is 10.6. The Kier molecular flexibility index (Phi) is 4.97. The Labute approximate surface area is 173 Å². The number of amides is 1. The number of hydrogen-bond donors (Lipinski definition) is 2. The van der Waals surface area contributed by atoms with E-state index in [0.29, 0.717) is 0 Å². The van der Waals surface area contributed by atoms with Gasteiger partial charge < -0.3 is 5.32 Å². The number of nitrogens with zero attached hydrogens (tertiary/aromatic N) is 1. The molecule has 2 aliphatic rings. The molecule has 1 amide bonds. The molecule has 2 unspecified atom stereocenters. The minimum absolute atomic E-state index is 0.00303. The van der Waals surface area contributed by atoms with Gasteiger partial charge in [0.25, 0.3) is 0 Å². The summed E-state index contributed by atoms with van der Waals surface area (Å²) in [6.45, 7) is 9.86. The van der Waals surface area contributed by atoms with Crippen LogP contribution in [0.2, 0.25) is 0 Å². The molecule has 2 N–H and O–H groups in total. The van der Waals surface area contributed by atoms with Gasteiger partial charge in [-0.15, -0.1) is 0 Å². The molecule has 4 nitrogen and oxygen atoms in total. The van der Waals surface area contributed by atoms with Gasteiger partial charge in [0.2, 0.25) is 5.91 Å². The monoisotopic (exact) mass is 389 g/mol. The van der Waals surface area contributed by atoms with Gasteiger partial charge in [0.05, 0.1) is 12.1 Å². The van der Waals surface area contributed by atoms with E-state index in [1.54, 1.807) is 6.21 Å². The maximum absolute atomic E-state index is 12.6. The van der Waals surface area contributed by atoms with Crippen molar-refractivity contribution in [1.29, 1.82) is 0 Å². The summed E-state index contributed by atoms with van der Waals surface area (Å²) in [5.41, 5.74) is 8.90. The highest BCUT2D eigenvalue weighted by molar-refractivity contribution is 5.87. The second-order valence-electron chi connectivity index (χ2n) is 9.68. The highest BCUT2D eigenvalue weighted by Gasteiger charge is 2.55. The Hall–Kier alpha value is -2.62. The van der Waals surface area contributed by atoms with Crippen molar-refractivity contribution in [1.82, 2.24) is 5.43 Å². The Bertz CT molecular complexity index is 940. The molecule has 0 spiro atoms. The van der Waals surface area contributed by atoms with Crippen molar-refractivity contribution in [3.8, 4) is 0 Å². The highest BCUT2D eigenvalue weighted by Crippen LogP contribution is 2.54. The summed E-state index contributed by atoms with van der Waals surface area (Å²) in [7, 11) is 0. The van der Waals surface area contributed by atoms with Crippen molar-refractivity contribution in [2.45, 2.75) is 57.8 Å². The molecule has 1 aliphatic carbocycles. The van der Waals surface area contributed by atoms with Crippen LogP contribution in [0.4, 0.5) is 5.69 Å². The average Bonchev–Trinajstić information content (AvgIpc) is 3.40. The number of carbonyl (C=O) groups is 1. The summed E-state index contributed by atoms with van der Waals surface area (Å²) in [4.78, 5) is 12.6. The topological polar surface area (TPSA) is 53.5 Å². The van der Waals surface area contributed by atoms with E-state index in [4.69, 9.17) is 0 Å². The van der Waals surface area contributed by atoms with Gasteiger partial charge in [-0.1, -0.05) is 58.0 Å². The molecule has 1 aliphatic heterocycles. The molecule has 4 rings (SSSR count). The number of anilines is 1. The lowest BCUT2D eigenvalue weighted by Crippen LogP contribution is -2.23. The molecule has 2 aromatic rings. The van der Waals surface area contributed by atoms with Crippen LogP contribution >= 0.6 is 0 Å². The summed E-state index contributed by atoms with van der Waals surface area (Å²) in [6.07, 6.45) is 4.85. The molecular weight excluding hydrogens is 358 g/mol. The molecule has 0 saturated heterocycles. The zero-order valence-electron chi connectivity index (χ0n) is 17.9. The van der Waals surface area contributed by atoms with E-state index < -0.39 is 0 Å². The van der Waals surface area contributed by atoms with E-state index in [-0.39, 0.29) is 22.7 Å². The van der Waals surface area contributed by atoms with Gasteiger partial charge in [0.15, 0.2) is 0 Å². The van der Waals surface area contributed by atoms with Crippen molar-refractivity contribution in [2.75, 3.05) is 11.9 Å². The van der Waals surface area contributed by atoms with Crippen molar-refractivity contribution in [3.05, 3.63) is 64.7 Å². The average molecular weight is 390 g/mol. The first kappa shape index (κ1) is 19.7. The fraction of sp³-hybridized carbons (Fsp3) is 0.440. The lowest BCUT2D eigenvalue weighted by atomic mass is 9.85. The van der Waals surface area contributed by atoms with E-state index >= 15 is 0 Å². The van der Waals surface area contributed by atoms with Crippen LogP contribution in [0.15, 0.2) is 47.6 Å². The van der Waals surface area contributed by atoms with Gasteiger partial charge >= 0.3 is 0 Å². The normalized spacial score (nSPS) is 23.4. The lowest BCUT2D eigenvalue weighted by Gasteiger charge is -2.20. The number of carbonyl (C=O) groups excluding carboxylic acids is 1. The van der Waals surface area contributed by atoms with Crippen LogP contribution in [-0.4, -0.2) is 18.7 Å². The number of rotatable bonds is 4. The van der Waals surface area contributed by atoms with E-state index in [0.717, 1.165) is 31.4 Å². The Morgan fingerprint density at radius 1 is 1.21 bits per heavy atom. The zero-order valence-corrected chi connectivity index (χ0v) is 17.9. The van der Waals surface area contributed by atoms with Crippen LogP contribution < -0.4 is 10.7 Å². The smallest absolute Gasteiger partial charge is 0.244 e. The highest BCUT2D eigenvalue weighted by atomic mass is 16.2. The van der Waals surface area contributed by atoms with Gasteiger partial charge in [-0.05, 0) is 59.1 Å². The third-order valence-corrected chi connectivity index (χ3v) is 6.42. The third kappa shape index (κ3) is 4.07. The second kappa shape index (κ2) is 7.33. The molecule has 29 heavy (non-hydrogen) atoms. The van der Waals surface area contributed by atoms with Gasteiger partial charge in [0.1, 0.15) is 0 Å². The first-order chi connectivity index (χ1) is 13.8. The summed E-state index contributed by atoms with van der Waals surface area (Å²) in [5, 5.41) is 7.62. The standard InChI is InChI=1S/C25H31N3O/c1-24(2,3)19-8-10-20(11-9-19)25(4)15-21(25)23(29)28-27-16-17-7-12-22-18(14-17)6-5-13-26-22/h7-12,14,16,21,26H,5-6,13,15H2,1-4H3,(H,28,29)/b27-16+. The molecule has 1 saturated carbocycles. The van der Waals surface area contributed by atoms with Gasteiger partial charge in [0, 0.05) is 17.6 Å². The summed E-state index contributed by atoms with van der Waals surface area (Å²) in [6, 6.07) is 15.0. The largest absolute Gasteiger partial charge is 0.385 e. The number of aryl methyl sites for hydroxylation is 1. The fourth-order valence-corrected chi connectivity index (χ4v) is 4.24. The molecular formula is C25H31N3O. The fourth-order valence-electron chi connectivity index (χ4n) is 4.24. The molecule has 1 heterocycles. The minimum Gasteiger partial charge on any atom is -0.385 e. The second-order valence-corrected chi connectivity index (χ2v) is 9.68. The molecule has 0 radical (unpaired) electrons. The molecule has 2 atom stereocenters. The van der Waals surface area contributed by atoms with E-state index in [9.17, 15) is 4.79 Å². The summed E-state index contributed by atoms with van der Waals surface area (Å²) < 4.78 is 0. The molecule has 4 heteroatoms. The van der Waals surface area contributed by atoms with Crippen LogP contribution in [0, 0.1) is 5.92 Å². The third-order valence-electron chi connectivity index (χ3n) is 6.42. The van der Waals surface area contributed by atoms with Crippen molar-refractivity contribution >= 4 is 17.8 Å². The zero-order chi connectivity index (χ0) is 20.6. The Morgan fingerprint density at radius 2 is 1.97 bits per heavy atom. The summed E-state index contributed by atoms with van der Waals surface area (Å²) in [5.74, 6) is -0.0175. The van der Waals surface area contributed by atoms with Crippen LogP contribution in [-0.2, 0) is 22.0 Å². The maximum Gasteiger partial charge on any atom is 0.244 e. The Morgan fingerprint density at radius 3 is 2.69 bits per heavy atom. The van der Waals surface area contributed by atoms with Gasteiger partial charge in [-0.25, -0.2) is 5.43 Å². The lowest BCUT2D eigenvalue weighted by molar-refractivity contribution is -0.122. The Balaban J connectivity index is 1.37. The molecule has 0 aromatic heterocycles. The van der Waals surface area contributed by atoms with Crippen molar-refractivity contribution in [3.63, 3.8) is 0 Å². The van der Waals surface area contributed by atoms with E-state index in [1.807, 2.05) is 6.07 Å². The number of hydrogen-bond acceptors (Lipinski definition) is 3. The van der Waals surface area contributed by atoms with Gasteiger partial charge in [-0.2, -0.15) is 5.10 Å². The SMILES string of the molecule is CC(C)(C)c1ccc(C2(C)CC2C(=O)N/N=C/c2ccc3c(c2)CCCN3)cc1.